The maximum absolute atomic E-state index is 13.0. The first-order valence-corrected chi connectivity index (χ1v) is 9.60. The summed E-state index contributed by atoms with van der Waals surface area (Å²) in [4.78, 5) is 22.0. The fourth-order valence-electron chi connectivity index (χ4n) is 3.38. The Morgan fingerprint density at radius 3 is 2.68 bits per heavy atom. The van der Waals surface area contributed by atoms with Crippen LogP contribution in [0.15, 0.2) is 65.9 Å². The maximum Gasteiger partial charge on any atom is 0.162 e. The average Bonchev–Trinajstić information content (AvgIpc) is 2.80. The minimum Gasteiger partial charge on any atom is -0.397 e. The van der Waals surface area contributed by atoms with E-state index in [2.05, 4.69) is 4.98 Å². The molecule has 3 aromatic rings. The van der Waals surface area contributed by atoms with Gasteiger partial charge >= 0.3 is 0 Å². The van der Waals surface area contributed by atoms with E-state index in [1.165, 1.54) is 0 Å². The number of ketones is 1. The standard InChI is InChI=1S/C22H17Cl2N3O/c23-16-6-5-13-9-21(28)20(8-14-3-1-2-4-19(14)24)27-22(18(13)10-16)15-7-17(25)12-26-11-15/h1-7,10-12,20H,8-9,25H2. The minimum absolute atomic E-state index is 0.0374. The molecule has 1 aliphatic heterocycles. The van der Waals surface area contributed by atoms with Crippen LogP contribution in [0.4, 0.5) is 5.69 Å². The second-order valence-electron chi connectivity index (χ2n) is 6.74. The van der Waals surface area contributed by atoms with E-state index in [1.807, 2.05) is 36.4 Å². The average molecular weight is 410 g/mol. The number of halogens is 2. The van der Waals surface area contributed by atoms with Crippen molar-refractivity contribution in [2.24, 2.45) is 4.99 Å². The number of pyridine rings is 1. The summed E-state index contributed by atoms with van der Waals surface area (Å²) < 4.78 is 0. The number of aliphatic imine (C=N–C) groups is 1. The third-order valence-corrected chi connectivity index (χ3v) is 5.36. The van der Waals surface area contributed by atoms with Gasteiger partial charge in [-0.15, -0.1) is 0 Å². The first kappa shape index (κ1) is 18.7. The zero-order chi connectivity index (χ0) is 19.7. The Morgan fingerprint density at radius 1 is 1.07 bits per heavy atom. The molecule has 2 heterocycles. The quantitative estimate of drug-likeness (QED) is 0.689. The molecule has 0 spiro atoms. The van der Waals surface area contributed by atoms with Crippen molar-refractivity contribution in [1.29, 1.82) is 0 Å². The van der Waals surface area contributed by atoms with Gasteiger partial charge in [-0.3, -0.25) is 14.8 Å². The number of aromatic nitrogens is 1. The van der Waals surface area contributed by atoms with Gasteiger partial charge in [0.05, 0.1) is 11.4 Å². The van der Waals surface area contributed by atoms with E-state index < -0.39 is 6.04 Å². The topological polar surface area (TPSA) is 68.3 Å². The smallest absolute Gasteiger partial charge is 0.162 e. The number of benzene rings is 2. The minimum atomic E-state index is -0.553. The second-order valence-corrected chi connectivity index (χ2v) is 7.58. The third kappa shape index (κ3) is 3.79. The van der Waals surface area contributed by atoms with E-state index in [0.717, 1.165) is 22.3 Å². The number of hydrogen-bond donors (Lipinski definition) is 1. The van der Waals surface area contributed by atoms with Gasteiger partial charge in [-0.25, -0.2) is 0 Å². The van der Waals surface area contributed by atoms with Crippen LogP contribution in [-0.2, 0) is 17.6 Å². The molecule has 1 aliphatic rings. The Hall–Kier alpha value is -2.69. The number of carbonyl (C=O) groups is 1. The highest BCUT2D eigenvalue weighted by Gasteiger charge is 2.27. The molecular formula is C22H17Cl2N3O. The summed E-state index contributed by atoms with van der Waals surface area (Å²) in [6, 6.07) is 14.3. The Labute approximate surface area is 173 Å². The molecule has 4 rings (SSSR count). The number of hydrogen-bond acceptors (Lipinski definition) is 4. The van der Waals surface area contributed by atoms with Crippen molar-refractivity contribution in [3.05, 3.63) is 93.2 Å². The van der Waals surface area contributed by atoms with Gasteiger partial charge in [-0.05, 0) is 35.4 Å². The van der Waals surface area contributed by atoms with Crippen LogP contribution in [0.3, 0.4) is 0 Å². The number of carbonyl (C=O) groups excluding carboxylic acids is 1. The van der Waals surface area contributed by atoms with Gasteiger partial charge in [0.2, 0.25) is 0 Å². The molecule has 4 nitrogen and oxygen atoms in total. The second kappa shape index (κ2) is 7.74. The van der Waals surface area contributed by atoms with Gasteiger partial charge in [0, 0.05) is 46.4 Å². The monoisotopic (exact) mass is 409 g/mol. The number of Topliss-reactive ketones (excluding diaryl/α,β-unsaturated/α-hetero) is 1. The summed E-state index contributed by atoms with van der Waals surface area (Å²) in [5, 5.41) is 1.21. The van der Waals surface area contributed by atoms with Crippen LogP contribution < -0.4 is 5.73 Å². The lowest BCUT2D eigenvalue weighted by molar-refractivity contribution is -0.119. The highest BCUT2D eigenvalue weighted by atomic mass is 35.5. The summed E-state index contributed by atoms with van der Waals surface area (Å²) in [7, 11) is 0. The summed E-state index contributed by atoms with van der Waals surface area (Å²) in [6.45, 7) is 0. The van der Waals surface area contributed by atoms with E-state index in [-0.39, 0.29) is 12.2 Å². The largest absolute Gasteiger partial charge is 0.397 e. The SMILES string of the molecule is Nc1cncc(C2=NC(Cc3ccccc3Cl)C(=O)Cc3ccc(Cl)cc32)c1. The van der Waals surface area contributed by atoms with E-state index >= 15 is 0 Å². The van der Waals surface area contributed by atoms with Gasteiger partial charge < -0.3 is 5.73 Å². The Kier molecular flexibility index (Phi) is 5.16. The highest BCUT2D eigenvalue weighted by Crippen LogP contribution is 2.27. The highest BCUT2D eigenvalue weighted by molar-refractivity contribution is 6.32. The van der Waals surface area contributed by atoms with Gasteiger partial charge in [-0.2, -0.15) is 0 Å². The van der Waals surface area contributed by atoms with Crippen LogP contribution in [-0.4, -0.2) is 22.5 Å². The van der Waals surface area contributed by atoms with Crippen molar-refractivity contribution >= 4 is 40.4 Å². The van der Waals surface area contributed by atoms with Crippen molar-refractivity contribution in [3.8, 4) is 0 Å². The zero-order valence-electron chi connectivity index (χ0n) is 14.9. The molecule has 140 valence electrons. The lowest BCUT2D eigenvalue weighted by atomic mass is 9.95. The molecule has 1 unspecified atom stereocenters. The number of anilines is 1. The van der Waals surface area contributed by atoms with E-state index in [9.17, 15) is 4.79 Å². The van der Waals surface area contributed by atoms with Crippen LogP contribution in [0.25, 0.3) is 0 Å². The fourth-order valence-corrected chi connectivity index (χ4v) is 3.76. The molecular weight excluding hydrogens is 393 g/mol. The van der Waals surface area contributed by atoms with Gasteiger partial charge in [-0.1, -0.05) is 47.5 Å². The molecule has 28 heavy (non-hydrogen) atoms. The molecule has 0 aliphatic carbocycles. The lowest BCUT2D eigenvalue weighted by Crippen LogP contribution is -2.23. The van der Waals surface area contributed by atoms with Crippen LogP contribution in [0.2, 0.25) is 10.0 Å². The molecule has 0 amide bonds. The third-order valence-electron chi connectivity index (χ3n) is 4.75. The molecule has 6 heteroatoms. The number of fused-ring (bicyclic) bond motifs is 1. The number of nitrogen functional groups attached to an aromatic ring is 1. The summed E-state index contributed by atoms with van der Waals surface area (Å²) >= 11 is 12.6. The molecule has 1 atom stereocenters. The van der Waals surface area contributed by atoms with Crippen molar-refractivity contribution in [3.63, 3.8) is 0 Å². The van der Waals surface area contributed by atoms with Crippen LogP contribution in [0, 0.1) is 0 Å². The molecule has 0 fully saturated rings. The fraction of sp³-hybridized carbons (Fsp3) is 0.136. The van der Waals surface area contributed by atoms with Gasteiger partial charge in [0.1, 0.15) is 6.04 Å². The Bertz CT molecular complexity index is 1090. The predicted molar refractivity (Wildman–Crippen MR) is 113 cm³/mol. The molecule has 2 N–H and O–H groups in total. The van der Waals surface area contributed by atoms with Crippen molar-refractivity contribution in [1.82, 2.24) is 4.98 Å². The Morgan fingerprint density at radius 2 is 1.89 bits per heavy atom. The predicted octanol–water partition coefficient (Wildman–Crippen LogP) is 4.54. The van der Waals surface area contributed by atoms with Crippen molar-refractivity contribution < 1.29 is 4.79 Å². The maximum atomic E-state index is 13.0. The Balaban J connectivity index is 1.85. The van der Waals surface area contributed by atoms with Crippen LogP contribution in [0.5, 0.6) is 0 Å². The molecule has 0 saturated carbocycles. The molecule has 1 aromatic heterocycles. The first-order valence-electron chi connectivity index (χ1n) is 8.85. The lowest BCUT2D eigenvalue weighted by Gasteiger charge is -2.13. The van der Waals surface area contributed by atoms with Gasteiger partial charge in [0.15, 0.2) is 5.78 Å². The normalized spacial score (nSPS) is 16.3. The number of rotatable bonds is 3. The zero-order valence-corrected chi connectivity index (χ0v) is 16.4. The molecule has 0 saturated heterocycles. The number of nitrogens with zero attached hydrogens (tertiary/aromatic N) is 2. The molecule has 0 bridgehead atoms. The van der Waals surface area contributed by atoms with E-state index in [4.69, 9.17) is 33.9 Å². The summed E-state index contributed by atoms with van der Waals surface area (Å²) in [6.07, 6.45) is 3.98. The van der Waals surface area contributed by atoms with E-state index in [1.54, 1.807) is 24.5 Å². The molecule has 2 aromatic carbocycles. The van der Waals surface area contributed by atoms with Crippen molar-refractivity contribution in [2.75, 3.05) is 5.73 Å². The molecule has 0 radical (unpaired) electrons. The number of nitrogens with two attached hydrogens (primary N) is 1. The van der Waals surface area contributed by atoms with Crippen LogP contribution >= 0.6 is 23.2 Å². The first-order chi connectivity index (χ1) is 13.5. The summed E-state index contributed by atoms with van der Waals surface area (Å²) in [5.74, 6) is 0.0374. The van der Waals surface area contributed by atoms with Gasteiger partial charge in [0.25, 0.3) is 0 Å². The summed E-state index contributed by atoms with van der Waals surface area (Å²) in [5.41, 5.74) is 10.5. The van der Waals surface area contributed by atoms with Crippen molar-refractivity contribution in [2.45, 2.75) is 18.9 Å². The van der Waals surface area contributed by atoms with Crippen LogP contribution in [0.1, 0.15) is 22.3 Å². The van der Waals surface area contributed by atoms with E-state index in [0.29, 0.717) is 27.9 Å².